The molecule has 1 fully saturated rings. The van der Waals surface area contributed by atoms with Crippen LogP contribution in [0.15, 0.2) is 10.2 Å². The summed E-state index contributed by atoms with van der Waals surface area (Å²) in [6.07, 6.45) is 10.0. The van der Waals surface area contributed by atoms with E-state index in [4.69, 9.17) is 4.74 Å². The average molecular weight is 254 g/mol. The fourth-order valence-electron chi connectivity index (χ4n) is 2.20. The van der Waals surface area contributed by atoms with Crippen LogP contribution in [-0.4, -0.2) is 17.9 Å². The van der Waals surface area contributed by atoms with Gasteiger partial charge in [-0.05, 0) is 39.5 Å². The topological polar surface area (TPSA) is 34.0 Å². The molecule has 0 aromatic heterocycles. The van der Waals surface area contributed by atoms with Gasteiger partial charge in [-0.25, -0.2) is 0 Å². The number of ether oxygens (including phenoxy) is 1. The lowest BCUT2D eigenvalue weighted by Crippen LogP contribution is -2.31. The Labute approximate surface area is 112 Å². The molecule has 0 radical (unpaired) electrons. The minimum Gasteiger partial charge on any atom is -0.349 e. The molecule has 0 saturated heterocycles. The van der Waals surface area contributed by atoms with Gasteiger partial charge < -0.3 is 4.74 Å². The molecule has 0 heterocycles. The lowest BCUT2D eigenvalue weighted by atomic mass is 10.1. The largest absolute Gasteiger partial charge is 0.349 e. The first-order valence-electron chi connectivity index (χ1n) is 7.69. The second-order valence-electron chi connectivity index (χ2n) is 5.73. The van der Waals surface area contributed by atoms with Crippen molar-refractivity contribution in [2.75, 3.05) is 0 Å². The van der Waals surface area contributed by atoms with Gasteiger partial charge in [-0.15, -0.1) is 0 Å². The summed E-state index contributed by atoms with van der Waals surface area (Å²) in [5, 5.41) is 8.85. The molecule has 0 aromatic carbocycles. The summed E-state index contributed by atoms with van der Waals surface area (Å²) in [6, 6.07) is 0.300. The molecule has 0 bridgehead atoms. The highest BCUT2D eigenvalue weighted by Crippen LogP contribution is 2.27. The van der Waals surface area contributed by atoms with E-state index in [1.54, 1.807) is 0 Å². The first kappa shape index (κ1) is 15.6. The van der Waals surface area contributed by atoms with E-state index < -0.39 is 5.72 Å². The van der Waals surface area contributed by atoms with Crippen LogP contribution in [0.2, 0.25) is 0 Å². The van der Waals surface area contributed by atoms with Gasteiger partial charge in [0.1, 0.15) is 0 Å². The highest BCUT2D eigenvalue weighted by atomic mass is 16.5. The molecule has 106 valence electrons. The van der Waals surface area contributed by atoms with Crippen LogP contribution in [0.1, 0.15) is 79.1 Å². The van der Waals surface area contributed by atoms with E-state index in [9.17, 15) is 0 Å². The fourth-order valence-corrected chi connectivity index (χ4v) is 2.20. The number of azo groups is 1. The molecule has 3 nitrogen and oxygen atoms in total. The second kappa shape index (κ2) is 7.88. The van der Waals surface area contributed by atoms with Gasteiger partial charge in [0.05, 0.1) is 12.1 Å². The molecule has 3 heteroatoms. The van der Waals surface area contributed by atoms with Crippen LogP contribution >= 0.6 is 0 Å². The van der Waals surface area contributed by atoms with Crippen molar-refractivity contribution in [1.82, 2.24) is 0 Å². The summed E-state index contributed by atoms with van der Waals surface area (Å²) < 4.78 is 6.24. The van der Waals surface area contributed by atoms with Gasteiger partial charge in [0.2, 0.25) is 0 Å². The highest BCUT2D eigenvalue weighted by Gasteiger charge is 2.27. The van der Waals surface area contributed by atoms with Gasteiger partial charge in [0, 0.05) is 0 Å². The Hall–Kier alpha value is -0.440. The van der Waals surface area contributed by atoms with E-state index in [1.165, 1.54) is 38.5 Å². The zero-order chi connectivity index (χ0) is 13.4. The van der Waals surface area contributed by atoms with E-state index in [0.29, 0.717) is 12.1 Å². The number of hydrogen-bond acceptors (Lipinski definition) is 3. The van der Waals surface area contributed by atoms with Crippen molar-refractivity contribution in [3.63, 3.8) is 0 Å². The molecule has 0 amide bonds. The molecule has 1 rings (SSSR count). The van der Waals surface area contributed by atoms with E-state index in [1.807, 2.05) is 0 Å². The van der Waals surface area contributed by atoms with E-state index in [0.717, 1.165) is 12.8 Å². The molecule has 0 spiro atoms. The van der Waals surface area contributed by atoms with E-state index in [-0.39, 0.29) is 0 Å². The monoisotopic (exact) mass is 254 g/mol. The zero-order valence-electron chi connectivity index (χ0n) is 12.6. The molecule has 2 atom stereocenters. The standard InChI is InChI=1S/C15H30N2O/c1-5-13(3)16-17-15(4,6-2)18-14-11-9-7-8-10-12-14/h13-14H,5-12H2,1-4H3. The van der Waals surface area contributed by atoms with E-state index in [2.05, 4.69) is 37.9 Å². The predicted octanol–water partition coefficient (Wildman–Crippen LogP) is 5.10. The van der Waals surface area contributed by atoms with Crippen molar-refractivity contribution in [3.8, 4) is 0 Å². The first-order valence-corrected chi connectivity index (χ1v) is 7.69. The van der Waals surface area contributed by atoms with Crippen molar-refractivity contribution in [1.29, 1.82) is 0 Å². The molecule has 1 aliphatic rings. The minimum absolute atomic E-state index is 0.300. The number of hydrogen-bond donors (Lipinski definition) is 0. The molecule has 0 aliphatic heterocycles. The Morgan fingerprint density at radius 1 is 1.17 bits per heavy atom. The number of rotatable bonds is 6. The maximum atomic E-state index is 6.24. The van der Waals surface area contributed by atoms with Crippen molar-refractivity contribution < 1.29 is 4.74 Å². The Kier molecular flexibility index (Phi) is 6.83. The normalized spacial score (nSPS) is 23.8. The van der Waals surface area contributed by atoms with Crippen molar-refractivity contribution in [2.24, 2.45) is 10.2 Å². The second-order valence-corrected chi connectivity index (χ2v) is 5.73. The maximum absolute atomic E-state index is 6.24. The Balaban J connectivity index is 2.54. The third kappa shape index (κ3) is 5.47. The number of nitrogens with zero attached hydrogens (tertiary/aromatic N) is 2. The lowest BCUT2D eigenvalue weighted by Gasteiger charge is -2.28. The predicted molar refractivity (Wildman–Crippen MR) is 75.9 cm³/mol. The van der Waals surface area contributed by atoms with Crippen molar-refractivity contribution >= 4 is 0 Å². The van der Waals surface area contributed by atoms with Gasteiger partial charge in [0.25, 0.3) is 0 Å². The zero-order valence-corrected chi connectivity index (χ0v) is 12.6. The molecule has 18 heavy (non-hydrogen) atoms. The summed E-state index contributed by atoms with van der Waals surface area (Å²) in [6.45, 7) is 8.44. The smallest absolute Gasteiger partial charge is 0.176 e. The molecule has 0 N–H and O–H groups in total. The Morgan fingerprint density at radius 2 is 1.78 bits per heavy atom. The van der Waals surface area contributed by atoms with Crippen LogP contribution < -0.4 is 0 Å². The summed E-state index contributed by atoms with van der Waals surface area (Å²) >= 11 is 0. The van der Waals surface area contributed by atoms with Crippen LogP contribution in [0, 0.1) is 0 Å². The lowest BCUT2D eigenvalue weighted by molar-refractivity contribution is -0.0893. The van der Waals surface area contributed by atoms with Gasteiger partial charge >= 0.3 is 0 Å². The molecular weight excluding hydrogens is 224 g/mol. The summed E-state index contributed by atoms with van der Waals surface area (Å²) in [5.74, 6) is 0. The van der Waals surface area contributed by atoms with Crippen molar-refractivity contribution in [2.45, 2.75) is 96.9 Å². The summed E-state index contributed by atoms with van der Waals surface area (Å²) in [4.78, 5) is 0. The quantitative estimate of drug-likeness (QED) is 0.479. The van der Waals surface area contributed by atoms with E-state index >= 15 is 0 Å². The van der Waals surface area contributed by atoms with Crippen LogP contribution in [-0.2, 0) is 4.74 Å². The van der Waals surface area contributed by atoms with Crippen LogP contribution in [0.5, 0.6) is 0 Å². The summed E-state index contributed by atoms with van der Waals surface area (Å²) in [5.41, 5.74) is -0.418. The highest BCUT2D eigenvalue weighted by molar-refractivity contribution is 4.74. The third-order valence-corrected chi connectivity index (χ3v) is 3.94. The van der Waals surface area contributed by atoms with Gasteiger partial charge in [-0.3, -0.25) is 0 Å². The van der Waals surface area contributed by atoms with Crippen molar-refractivity contribution in [3.05, 3.63) is 0 Å². The molecule has 2 unspecified atom stereocenters. The maximum Gasteiger partial charge on any atom is 0.176 e. The minimum atomic E-state index is -0.418. The summed E-state index contributed by atoms with van der Waals surface area (Å²) in [7, 11) is 0. The van der Waals surface area contributed by atoms with Crippen LogP contribution in [0.25, 0.3) is 0 Å². The first-order chi connectivity index (χ1) is 8.59. The fraction of sp³-hybridized carbons (Fsp3) is 1.00. The molecule has 1 aliphatic carbocycles. The molecule has 0 aromatic rings. The Bertz CT molecular complexity index is 247. The SMILES string of the molecule is CCC(C)N=NC(C)(CC)OC1CCCCCC1. The average Bonchev–Trinajstić information content (AvgIpc) is 2.64. The molecular formula is C15H30N2O. The van der Waals surface area contributed by atoms with Gasteiger partial charge in [-0.2, -0.15) is 10.2 Å². The van der Waals surface area contributed by atoms with Crippen LogP contribution in [0.4, 0.5) is 0 Å². The van der Waals surface area contributed by atoms with Gasteiger partial charge in [-0.1, -0.05) is 39.5 Å². The van der Waals surface area contributed by atoms with Gasteiger partial charge in [0.15, 0.2) is 5.72 Å². The third-order valence-electron chi connectivity index (χ3n) is 3.94. The Morgan fingerprint density at radius 3 is 2.28 bits per heavy atom. The van der Waals surface area contributed by atoms with Crippen LogP contribution in [0.3, 0.4) is 0 Å². The molecule has 1 saturated carbocycles.